The highest BCUT2D eigenvalue weighted by Gasteiger charge is 2.13. The van der Waals surface area contributed by atoms with Crippen LogP contribution in [-0.2, 0) is 4.74 Å². The molecule has 0 aromatic carbocycles. The number of alkyl halides is 1. The maximum atomic E-state index is 5.07. The quantitative estimate of drug-likeness (QED) is 0.505. The van der Waals surface area contributed by atoms with Gasteiger partial charge in [-0.3, -0.25) is 0 Å². The average molecular weight is 214 g/mol. The van der Waals surface area contributed by atoms with Gasteiger partial charge in [0, 0.05) is 7.11 Å². The highest BCUT2D eigenvalue weighted by Crippen LogP contribution is 2.21. The third-order valence-electron chi connectivity index (χ3n) is 1.06. The van der Waals surface area contributed by atoms with Crippen LogP contribution in [0, 0.1) is 0 Å². The fourth-order valence-electron chi connectivity index (χ4n) is 0.144. The summed E-state index contributed by atoms with van der Waals surface area (Å²) in [5.41, 5.74) is 0. The molecule has 0 amide bonds. The van der Waals surface area contributed by atoms with Crippen molar-refractivity contribution in [3.05, 3.63) is 0 Å². The van der Waals surface area contributed by atoms with E-state index in [1.165, 1.54) is 0 Å². The Labute approximate surface area is 58.6 Å². The summed E-state index contributed by atoms with van der Waals surface area (Å²) in [5, 5.41) is 0. The molecule has 7 heavy (non-hydrogen) atoms. The van der Waals surface area contributed by atoms with Gasteiger partial charge in [-0.25, -0.2) is 0 Å². The molecule has 0 spiro atoms. The van der Waals surface area contributed by atoms with Crippen molar-refractivity contribution < 1.29 is 4.74 Å². The summed E-state index contributed by atoms with van der Waals surface area (Å²) in [7, 11) is 1.73. The highest BCUT2D eigenvalue weighted by atomic mass is 127. The lowest BCUT2D eigenvalue weighted by Crippen LogP contribution is -2.15. The maximum absolute atomic E-state index is 5.07. The fourth-order valence-corrected chi connectivity index (χ4v) is 0.144. The van der Waals surface area contributed by atoms with Crippen LogP contribution in [0.5, 0.6) is 0 Å². The zero-order valence-electron chi connectivity index (χ0n) is 4.99. The van der Waals surface area contributed by atoms with Crippen molar-refractivity contribution in [2.45, 2.75) is 23.9 Å². The minimum atomic E-state index is 0.0533. The standard InChI is InChI=1S/C5H11IO/c1-4-5(2,6)7-3/h4H2,1-3H3. The third-order valence-corrected chi connectivity index (χ3v) is 2.26. The van der Waals surface area contributed by atoms with Crippen LogP contribution >= 0.6 is 22.6 Å². The first-order chi connectivity index (χ1) is 3.12. The van der Waals surface area contributed by atoms with Crippen LogP contribution in [-0.4, -0.2) is 10.7 Å². The zero-order chi connectivity index (χ0) is 5.91. The second kappa shape index (κ2) is 2.87. The summed E-state index contributed by atoms with van der Waals surface area (Å²) in [5.74, 6) is 0. The lowest BCUT2D eigenvalue weighted by atomic mass is 10.3. The second-order valence-corrected chi connectivity index (χ2v) is 3.94. The molecular formula is C5H11IO. The summed E-state index contributed by atoms with van der Waals surface area (Å²) >= 11 is 2.28. The van der Waals surface area contributed by atoms with Crippen molar-refractivity contribution in [2.24, 2.45) is 0 Å². The second-order valence-electron chi connectivity index (χ2n) is 1.66. The molecule has 0 heterocycles. The Kier molecular flexibility index (Phi) is 3.15. The zero-order valence-corrected chi connectivity index (χ0v) is 7.15. The Morgan fingerprint density at radius 1 is 1.71 bits per heavy atom. The maximum Gasteiger partial charge on any atom is 0.115 e. The van der Waals surface area contributed by atoms with E-state index < -0.39 is 0 Å². The molecule has 1 unspecified atom stereocenters. The van der Waals surface area contributed by atoms with Crippen LogP contribution in [0.1, 0.15) is 20.3 Å². The fraction of sp³-hybridized carbons (Fsp3) is 1.00. The van der Waals surface area contributed by atoms with Gasteiger partial charge in [0.15, 0.2) is 0 Å². The van der Waals surface area contributed by atoms with E-state index in [1.54, 1.807) is 7.11 Å². The van der Waals surface area contributed by atoms with Gasteiger partial charge in [-0.2, -0.15) is 0 Å². The summed E-state index contributed by atoms with van der Waals surface area (Å²) in [6.45, 7) is 4.17. The van der Waals surface area contributed by atoms with Crippen LogP contribution in [0.3, 0.4) is 0 Å². The number of methoxy groups -OCH3 is 1. The van der Waals surface area contributed by atoms with Gasteiger partial charge in [-0.05, 0) is 35.9 Å². The lowest BCUT2D eigenvalue weighted by Gasteiger charge is -2.16. The van der Waals surface area contributed by atoms with E-state index in [1.807, 2.05) is 0 Å². The van der Waals surface area contributed by atoms with E-state index in [0.29, 0.717) is 0 Å². The predicted molar refractivity (Wildman–Crippen MR) is 39.7 cm³/mol. The van der Waals surface area contributed by atoms with Gasteiger partial charge >= 0.3 is 0 Å². The van der Waals surface area contributed by atoms with Crippen LogP contribution in [0.15, 0.2) is 0 Å². The smallest absolute Gasteiger partial charge is 0.115 e. The van der Waals surface area contributed by atoms with E-state index in [2.05, 4.69) is 36.4 Å². The van der Waals surface area contributed by atoms with Crippen molar-refractivity contribution in [2.75, 3.05) is 7.11 Å². The molecule has 1 atom stereocenters. The molecule has 0 fully saturated rings. The van der Waals surface area contributed by atoms with Gasteiger partial charge in [0.05, 0.1) is 0 Å². The minimum Gasteiger partial charge on any atom is -0.368 e. The van der Waals surface area contributed by atoms with E-state index >= 15 is 0 Å². The molecule has 0 bridgehead atoms. The lowest BCUT2D eigenvalue weighted by molar-refractivity contribution is 0.0997. The predicted octanol–water partition coefficient (Wildman–Crippen LogP) is 2.19. The molecule has 0 radical (unpaired) electrons. The van der Waals surface area contributed by atoms with Crippen LogP contribution in [0.2, 0.25) is 0 Å². The first-order valence-corrected chi connectivity index (χ1v) is 3.44. The molecule has 0 N–H and O–H groups in total. The molecule has 0 aromatic heterocycles. The van der Waals surface area contributed by atoms with Crippen molar-refractivity contribution in [3.8, 4) is 0 Å². The topological polar surface area (TPSA) is 9.23 Å². The Bertz CT molecular complexity index is 46.0. The van der Waals surface area contributed by atoms with Crippen molar-refractivity contribution >= 4 is 22.6 Å². The van der Waals surface area contributed by atoms with Gasteiger partial charge in [-0.15, -0.1) is 0 Å². The van der Waals surface area contributed by atoms with Crippen LogP contribution in [0.4, 0.5) is 0 Å². The summed E-state index contributed by atoms with van der Waals surface area (Å²) < 4.78 is 5.13. The molecule has 0 saturated carbocycles. The molecule has 44 valence electrons. The van der Waals surface area contributed by atoms with Gasteiger partial charge in [0.2, 0.25) is 0 Å². The van der Waals surface area contributed by atoms with Gasteiger partial charge in [0.1, 0.15) is 3.61 Å². The van der Waals surface area contributed by atoms with Crippen LogP contribution < -0.4 is 0 Å². The Balaban J connectivity index is 3.36. The van der Waals surface area contributed by atoms with Gasteiger partial charge in [-0.1, -0.05) is 6.92 Å². The first kappa shape index (κ1) is 7.69. The summed E-state index contributed by atoms with van der Waals surface area (Å²) in [6.07, 6.45) is 1.06. The number of hydrogen-bond donors (Lipinski definition) is 0. The monoisotopic (exact) mass is 214 g/mol. The van der Waals surface area contributed by atoms with Crippen molar-refractivity contribution in [1.29, 1.82) is 0 Å². The summed E-state index contributed by atoms with van der Waals surface area (Å²) in [6, 6.07) is 0. The van der Waals surface area contributed by atoms with E-state index in [-0.39, 0.29) is 3.61 Å². The third kappa shape index (κ3) is 3.29. The van der Waals surface area contributed by atoms with E-state index in [0.717, 1.165) is 6.42 Å². The van der Waals surface area contributed by atoms with Crippen molar-refractivity contribution in [1.82, 2.24) is 0 Å². The van der Waals surface area contributed by atoms with E-state index in [9.17, 15) is 0 Å². The molecule has 0 aliphatic rings. The molecule has 0 aliphatic carbocycles. The van der Waals surface area contributed by atoms with Gasteiger partial charge in [0.25, 0.3) is 0 Å². The van der Waals surface area contributed by atoms with Crippen molar-refractivity contribution in [3.63, 3.8) is 0 Å². The molecule has 2 heteroatoms. The highest BCUT2D eigenvalue weighted by molar-refractivity contribution is 14.1. The van der Waals surface area contributed by atoms with Crippen LogP contribution in [0.25, 0.3) is 0 Å². The SMILES string of the molecule is CCC(C)(I)OC. The molecule has 0 aliphatic heterocycles. The Morgan fingerprint density at radius 3 is 2.14 bits per heavy atom. The summed E-state index contributed by atoms with van der Waals surface area (Å²) in [4.78, 5) is 0. The first-order valence-electron chi connectivity index (χ1n) is 2.36. The van der Waals surface area contributed by atoms with E-state index in [4.69, 9.17) is 4.74 Å². The largest absolute Gasteiger partial charge is 0.368 e. The molecule has 0 saturated heterocycles. The number of hydrogen-bond acceptors (Lipinski definition) is 1. The number of rotatable bonds is 2. The molecule has 1 nitrogen and oxygen atoms in total. The minimum absolute atomic E-state index is 0.0533. The molecular weight excluding hydrogens is 203 g/mol. The number of ether oxygens (including phenoxy) is 1. The number of halogens is 1. The Hall–Kier alpha value is 0.690. The average Bonchev–Trinajstić information content (AvgIpc) is 1.68. The Morgan fingerprint density at radius 2 is 2.14 bits per heavy atom. The van der Waals surface area contributed by atoms with Gasteiger partial charge < -0.3 is 4.74 Å². The molecule has 0 rings (SSSR count). The molecule has 0 aromatic rings. The normalized spacial score (nSPS) is 18.9.